The molecule has 7 nitrogen and oxygen atoms in total. The number of nitrogens with one attached hydrogen (secondary N) is 3. The third kappa shape index (κ3) is 6.26. The van der Waals surface area contributed by atoms with Gasteiger partial charge in [-0.25, -0.2) is 15.4 Å². The summed E-state index contributed by atoms with van der Waals surface area (Å²) in [5.74, 6) is 0.849. The van der Waals surface area contributed by atoms with E-state index in [1.165, 1.54) is 18.5 Å². The van der Waals surface area contributed by atoms with Gasteiger partial charge >= 0.3 is 6.18 Å². The molecule has 0 radical (unpaired) electrons. The highest BCUT2D eigenvalue weighted by molar-refractivity contribution is 5.92. The fourth-order valence-corrected chi connectivity index (χ4v) is 3.46. The number of hydrogen-bond donors (Lipinski definition) is 3. The van der Waals surface area contributed by atoms with Crippen molar-refractivity contribution < 1.29 is 13.2 Å². The lowest BCUT2D eigenvalue weighted by atomic mass is 10.1. The van der Waals surface area contributed by atoms with E-state index in [4.69, 9.17) is 0 Å². The lowest BCUT2D eigenvalue weighted by molar-refractivity contribution is -0.137. The number of anilines is 4. The normalized spacial score (nSPS) is 11.9. The predicted octanol–water partition coefficient (Wildman–Crippen LogP) is 6.61. The van der Waals surface area contributed by atoms with Crippen LogP contribution in [-0.4, -0.2) is 27.7 Å². The van der Waals surface area contributed by atoms with E-state index in [1.807, 2.05) is 25.1 Å². The van der Waals surface area contributed by atoms with E-state index < -0.39 is 11.7 Å². The zero-order valence-corrected chi connectivity index (χ0v) is 20.1. The van der Waals surface area contributed by atoms with Crippen molar-refractivity contribution in [2.24, 2.45) is 11.0 Å². The number of pyridine rings is 1. The first-order valence-corrected chi connectivity index (χ1v) is 11.4. The first kappa shape index (κ1) is 24.9. The molecule has 2 aromatic heterocycles. The fraction of sp³-hybridized carbons (Fsp3) is 0.231. The van der Waals surface area contributed by atoms with Gasteiger partial charge in [0, 0.05) is 17.6 Å². The average Bonchev–Trinajstić information content (AvgIpc) is 2.83. The van der Waals surface area contributed by atoms with Gasteiger partial charge in [0.15, 0.2) is 0 Å². The van der Waals surface area contributed by atoms with E-state index in [2.05, 4.69) is 50.0 Å². The van der Waals surface area contributed by atoms with E-state index in [-0.39, 0.29) is 0 Å². The largest absolute Gasteiger partial charge is 0.416 e. The number of aromatic nitrogens is 3. The van der Waals surface area contributed by atoms with E-state index in [1.54, 1.807) is 18.2 Å². The summed E-state index contributed by atoms with van der Waals surface area (Å²) in [5.41, 5.74) is 6.13. The molecule has 0 bridgehead atoms. The highest BCUT2D eigenvalue weighted by Crippen LogP contribution is 2.31. The number of nitrogens with zero attached hydrogens (tertiary/aromatic N) is 4. The van der Waals surface area contributed by atoms with Gasteiger partial charge in [-0.2, -0.15) is 18.3 Å². The summed E-state index contributed by atoms with van der Waals surface area (Å²) in [4.78, 5) is 13.4. The molecule has 0 unspecified atom stereocenters. The summed E-state index contributed by atoms with van der Waals surface area (Å²) in [6.07, 6.45) is -1.37. The van der Waals surface area contributed by atoms with Crippen LogP contribution >= 0.6 is 0 Å². The second-order valence-corrected chi connectivity index (χ2v) is 8.65. The molecule has 0 amide bonds. The first-order valence-electron chi connectivity index (χ1n) is 11.4. The number of alkyl halides is 3. The Kier molecular flexibility index (Phi) is 7.33. The van der Waals surface area contributed by atoms with Crippen LogP contribution in [0.15, 0.2) is 65.9 Å². The van der Waals surface area contributed by atoms with E-state index >= 15 is 0 Å². The number of hydrogen-bond acceptors (Lipinski definition) is 7. The highest BCUT2D eigenvalue weighted by Gasteiger charge is 2.30. The van der Waals surface area contributed by atoms with Crippen molar-refractivity contribution in [1.82, 2.24) is 15.0 Å². The summed E-state index contributed by atoms with van der Waals surface area (Å²) in [6, 6.07) is 14.3. The maximum Gasteiger partial charge on any atom is 0.416 e. The lowest BCUT2D eigenvalue weighted by Crippen LogP contribution is -2.09. The Morgan fingerprint density at radius 1 is 1.00 bits per heavy atom. The molecule has 2 aromatic carbocycles. The molecule has 0 aliphatic heterocycles. The van der Waals surface area contributed by atoms with E-state index in [9.17, 15) is 13.2 Å². The van der Waals surface area contributed by atoms with Crippen molar-refractivity contribution in [1.29, 1.82) is 0 Å². The van der Waals surface area contributed by atoms with Crippen molar-refractivity contribution in [3.63, 3.8) is 0 Å². The van der Waals surface area contributed by atoms with Gasteiger partial charge in [0.25, 0.3) is 0 Å². The van der Waals surface area contributed by atoms with Crippen LogP contribution in [0.1, 0.15) is 30.8 Å². The Morgan fingerprint density at radius 2 is 1.81 bits per heavy atom. The molecule has 36 heavy (non-hydrogen) atoms. The Balaban J connectivity index is 1.44. The van der Waals surface area contributed by atoms with Gasteiger partial charge < -0.3 is 10.6 Å². The van der Waals surface area contributed by atoms with E-state index in [0.717, 1.165) is 41.0 Å². The van der Waals surface area contributed by atoms with E-state index in [0.29, 0.717) is 28.9 Å². The van der Waals surface area contributed by atoms with Gasteiger partial charge in [-0.05, 0) is 49.2 Å². The molecule has 10 heteroatoms. The van der Waals surface area contributed by atoms with Crippen LogP contribution in [0.4, 0.5) is 36.2 Å². The molecule has 0 saturated heterocycles. The molecule has 0 atom stereocenters. The molecule has 4 aromatic rings. The Bertz CT molecular complexity index is 1370. The molecule has 0 spiro atoms. The minimum absolute atomic E-state index is 0.320. The zero-order chi connectivity index (χ0) is 25.7. The number of hydrazone groups is 1. The summed E-state index contributed by atoms with van der Waals surface area (Å²) in [6.45, 7) is 7.03. The van der Waals surface area contributed by atoms with Gasteiger partial charge in [-0.3, -0.25) is 4.98 Å². The van der Waals surface area contributed by atoms with Crippen LogP contribution in [0.25, 0.3) is 10.9 Å². The van der Waals surface area contributed by atoms with Crippen LogP contribution in [0.3, 0.4) is 0 Å². The Morgan fingerprint density at radius 3 is 2.53 bits per heavy atom. The van der Waals surface area contributed by atoms with Crippen molar-refractivity contribution in [2.75, 3.05) is 22.6 Å². The van der Waals surface area contributed by atoms with Gasteiger partial charge in [0.2, 0.25) is 5.95 Å². The van der Waals surface area contributed by atoms with Gasteiger partial charge in [-0.1, -0.05) is 32.0 Å². The number of benzene rings is 2. The molecule has 186 valence electrons. The van der Waals surface area contributed by atoms with Crippen molar-refractivity contribution in [3.8, 4) is 0 Å². The third-order valence-corrected chi connectivity index (χ3v) is 5.24. The zero-order valence-electron chi connectivity index (χ0n) is 20.1. The number of rotatable bonds is 8. The summed E-state index contributed by atoms with van der Waals surface area (Å²) >= 11 is 0. The van der Waals surface area contributed by atoms with Crippen molar-refractivity contribution in [2.45, 2.75) is 26.9 Å². The second-order valence-electron chi connectivity index (χ2n) is 8.65. The number of para-hydroxylation sites is 1. The van der Waals surface area contributed by atoms with Crippen LogP contribution in [0.2, 0.25) is 0 Å². The maximum absolute atomic E-state index is 12.9. The molecule has 0 aliphatic rings. The monoisotopic (exact) mass is 493 g/mol. The Labute approximate surface area is 206 Å². The predicted molar refractivity (Wildman–Crippen MR) is 138 cm³/mol. The second kappa shape index (κ2) is 10.6. The number of fused-ring (bicyclic) bond motifs is 1. The van der Waals surface area contributed by atoms with Crippen molar-refractivity contribution >= 4 is 40.1 Å². The van der Waals surface area contributed by atoms with Crippen LogP contribution in [0.5, 0.6) is 0 Å². The maximum atomic E-state index is 12.9. The molecule has 2 heterocycles. The molecule has 4 rings (SSSR count). The van der Waals surface area contributed by atoms with Gasteiger partial charge in [0.1, 0.15) is 0 Å². The summed E-state index contributed by atoms with van der Waals surface area (Å²) in [7, 11) is 0. The summed E-state index contributed by atoms with van der Waals surface area (Å²) < 4.78 is 38.7. The van der Waals surface area contributed by atoms with Crippen LogP contribution < -0.4 is 16.1 Å². The average molecular weight is 494 g/mol. The van der Waals surface area contributed by atoms with Crippen LogP contribution in [-0.2, 0) is 6.18 Å². The number of aryl methyl sites for hydroxylation is 1. The van der Waals surface area contributed by atoms with Crippen molar-refractivity contribution in [3.05, 3.63) is 77.7 Å². The topological polar surface area (TPSA) is 87.1 Å². The Hall–Kier alpha value is -4.21. The minimum atomic E-state index is -4.40. The smallest absolute Gasteiger partial charge is 0.383 e. The third-order valence-electron chi connectivity index (χ3n) is 5.24. The standard InChI is InChI=1S/C26H26F3N7/c1-16(2)13-31-23-9-5-8-22-17(3)33-25(35-24(22)23)36-32-15-20-10-11-21(14-30-20)34-19-7-4-6-18(12-19)26(27,28)29/h4-12,14-16,31,34H,13H2,1-3H3,(H,33,35,36)/b32-15+. The highest BCUT2D eigenvalue weighted by atomic mass is 19.4. The molecule has 3 N–H and O–H groups in total. The SMILES string of the molecule is Cc1nc(N/N=C/c2ccc(Nc3cccc(C(F)(F)F)c3)cn2)nc2c(NCC(C)C)cccc12. The number of halogens is 3. The quantitative estimate of drug-likeness (QED) is 0.189. The van der Waals surface area contributed by atoms with Gasteiger partial charge in [0.05, 0.1) is 46.3 Å². The van der Waals surface area contributed by atoms with Gasteiger partial charge in [-0.15, -0.1) is 0 Å². The molecule has 0 aliphatic carbocycles. The summed E-state index contributed by atoms with van der Waals surface area (Å²) in [5, 5.41) is 11.5. The molecular formula is C26H26F3N7. The van der Waals surface area contributed by atoms with Crippen LogP contribution in [0, 0.1) is 12.8 Å². The first-order chi connectivity index (χ1) is 17.2. The molecule has 0 fully saturated rings. The lowest BCUT2D eigenvalue weighted by Gasteiger charge is -2.12. The molecule has 0 saturated carbocycles. The molecular weight excluding hydrogens is 467 g/mol. The fourth-order valence-electron chi connectivity index (χ4n) is 3.46. The minimum Gasteiger partial charge on any atom is -0.383 e.